The van der Waals surface area contributed by atoms with Crippen molar-refractivity contribution in [1.29, 1.82) is 0 Å². The zero-order valence-corrected chi connectivity index (χ0v) is 32.8. The van der Waals surface area contributed by atoms with Gasteiger partial charge in [-0.25, -0.2) is 0 Å². The minimum absolute atomic E-state index is 0.00158. The van der Waals surface area contributed by atoms with Gasteiger partial charge < -0.3 is 46.6 Å². The highest BCUT2D eigenvalue weighted by Gasteiger charge is 2.45. The van der Waals surface area contributed by atoms with E-state index in [0.29, 0.717) is 51.1 Å². The van der Waals surface area contributed by atoms with E-state index < -0.39 is 89.8 Å². The first kappa shape index (κ1) is 42.5. The SMILES string of the molecule is CC(C)C[C@@H]1NC(=O)[C@@H]2CCC[C@H]2NC(=O)[C@H](C)NC(=O)C2C[C@@H](NC(=O)CN3CCOCC3)CN2C(=O)[C@H](Cc2ccccc2)NC(=O)[C@H]([C@@H](C)O)NC1=O. The van der Waals surface area contributed by atoms with Gasteiger partial charge in [0.1, 0.15) is 30.2 Å². The van der Waals surface area contributed by atoms with E-state index in [-0.39, 0.29) is 44.2 Å². The molecule has 5 rings (SSSR count). The van der Waals surface area contributed by atoms with Crippen LogP contribution >= 0.6 is 0 Å². The second-order valence-electron chi connectivity index (χ2n) is 15.9. The molecule has 3 heterocycles. The Bertz CT molecular complexity index is 1590. The van der Waals surface area contributed by atoms with Gasteiger partial charge in [-0.3, -0.25) is 38.5 Å². The van der Waals surface area contributed by atoms with Crippen LogP contribution < -0.4 is 31.9 Å². The third-order valence-electron chi connectivity index (χ3n) is 11.0. The van der Waals surface area contributed by atoms with Gasteiger partial charge in [0, 0.05) is 38.1 Å². The number of aliphatic hydroxyl groups is 1. The monoisotopic (exact) mass is 782 g/mol. The van der Waals surface area contributed by atoms with Crippen LogP contribution in [-0.4, -0.2) is 144 Å². The van der Waals surface area contributed by atoms with Crippen LogP contribution in [0.1, 0.15) is 65.4 Å². The van der Waals surface area contributed by atoms with E-state index >= 15 is 0 Å². The number of aliphatic hydroxyl groups excluding tert-OH is 1. The molecule has 4 fully saturated rings. The molecule has 3 saturated heterocycles. The lowest BCUT2D eigenvalue weighted by molar-refractivity contribution is -0.143. The highest BCUT2D eigenvalue weighted by Crippen LogP contribution is 2.27. The number of nitrogens with zero attached hydrogens (tertiary/aromatic N) is 2. The molecule has 7 amide bonds. The Kier molecular flexibility index (Phi) is 14.8. The number of carbonyl (C=O) groups excluding carboxylic acids is 7. The van der Waals surface area contributed by atoms with Gasteiger partial charge in [-0.2, -0.15) is 0 Å². The number of morpholine rings is 1. The van der Waals surface area contributed by atoms with Crippen molar-refractivity contribution in [3.05, 3.63) is 35.9 Å². The summed E-state index contributed by atoms with van der Waals surface area (Å²) in [5.41, 5.74) is 0.688. The molecule has 56 heavy (non-hydrogen) atoms. The van der Waals surface area contributed by atoms with E-state index in [0.717, 1.165) is 0 Å². The Morgan fingerprint density at radius 1 is 0.857 bits per heavy atom. The lowest BCUT2D eigenvalue weighted by Gasteiger charge is -2.31. The molecule has 7 N–H and O–H groups in total. The fourth-order valence-corrected chi connectivity index (χ4v) is 7.95. The second kappa shape index (κ2) is 19.5. The van der Waals surface area contributed by atoms with Crippen LogP contribution in [-0.2, 0) is 44.7 Å². The van der Waals surface area contributed by atoms with E-state index in [9.17, 15) is 38.7 Å². The number of fused-ring (bicyclic) bond motifs is 2. The van der Waals surface area contributed by atoms with Gasteiger partial charge >= 0.3 is 0 Å². The van der Waals surface area contributed by atoms with Crippen LogP contribution in [0, 0.1) is 11.8 Å². The molecule has 1 aliphatic carbocycles. The smallest absolute Gasteiger partial charge is 0.246 e. The Morgan fingerprint density at radius 3 is 2.23 bits per heavy atom. The maximum Gasteiger partial charge on any atom is 0.246 e. The first-order valence-corrected chi connectivity index (χ1v) is 19.8. The number of carbonyl (C=O) groups is 7. The third kappa shape index (κ3) is 11.3. The maximum atomic E-state index is 14.7. The minimum atomic E-state index is -1.51. The Balaban J connectivity index is 1.48. The van der Waals surface area contributed by atoms with E-state index in [4.69, 9.17) is 4.74 Å². The van der Waals surface area contributed by atoms with Gasteiger partial charge in [0.05, 0.1) is 31.8 Å². The maximum absolute atomic E-state index is 14.7. The van der Waals surface area contributed by atoms with Gasteiger partial charge in [0.15, 0.2) is 0 Å². The summed E-state index contributed by atoms with van der Waals surface area (Å²) in [6, 6.07) is 1.72. The first-order valence-electron chi connectivity index (χ1n) is 19.8. The number of rotatable bonds is 8. The van der Waals surface area contributed by atoms with E-state index in [1.165, 1.54) is 18.7 Å². The highest BCUT2D eigenvalue weighted by atomic mass is 16.5. The second-order valence-corrected chi connectivity index (χ2v) is 15.9. The number of ether oxygens (including phenoxy) is 1. The predicted octanol–water partition coefficient (Wildman–Crippen LogP) is -1.67. The summed E-state index contributed by atoms with van der Waals surface area (Å²) in [6.07, 6.45) is 0.496. The minimum Gasteiger partial charge on any atom is -0.391 e. The lowest BCUT2D eigenvalue weighted by Crippen LogP contribution is -2.61. The number of benzene rings is 1. The topological polar surface area (TPSA) is 228 Å². The van der Waals surface area contributed by atoms with E-state index in [1.807, 2.05) is 18.7 Å². The standard InChI is InChI=1S/C39H58N8O9/c1-22(2)17-29-36(52)45-33(24(4)48)38(54)44-30(18-25-9-6-5-7-10-25)39(55)47-20-26(41-32(49)21-46-13-15-56-16-14-46)19-31(47)37(53)40-23(3)34(50)42-28-12-8-11-27(28)35(51)43-29/h5-7,9-10,22-24,26-31,33,48H,8,11-21H2,1-4H3,(H,40,53)(H,41,49)(H,42,50)(H,43,51)(H,44,54)(H,45,52)/t23-,24+,26+,27+,28+,29-,30-,31?,33-/m0/s1. The molecule has 1 saturated carbocycles. The number of hydrogen-bond acceptors (Lipinski definition) is 10. The van der Waals surface area contributed by atoms with Crippen LogP contribution in [0.2, 0.25) is 0 Å². The molecular weight excluding hydrogens is 724 g/mol. The van der Waals surface area contributed by atoms with Crippen LogP contribution in [0.5, 0.6) is 0 Å². The van der Waals surface area contributed by atoms with Crippen molar-refractivity contribution in [2.45, 2.75) is 115 Å². The Labute approximate surface area is 327 Å². The molecule has 9 atom stereocenters. The summed E-state index contributed by atoms with van der Waals surface area (Å²) in [5.74, 6) is -4.70. The average molecular weight is 783 g/mol. The summed E-state index contributed by atoms with van der Waals surface area (Å²) in [6.45, 7) is 8.86. The molecule has 17 nitrogen and oxygen atoms in total. The molecule has 3 aliphatic heterocycles. The molecule has 0 spiro atoms. The van der Waals surface area contributed by atoms with Gasteiger partial charge in [0.25, 0.3) is 0 Å². The summed E-state index contributed by atoms with van der Waals surface area (Å²) in [7, 11) is 0. The molecule has 1 aromatic rings. The van der Waals surface area contributed by atoms with Crippen molar-refractivity contribution in [3.8, 4) is 0 Å². The molecule has 0 radical (unpaired) electrons. The number of hydrogen-bond donors (Lipinski definition) is 7. The third-order valence-corrected chi connectivity index (χ3v) is 11.0. The van der Waals surface area contributed by atoms with E-state index in [2.05, 4.69) is 31.9 Å². The van der Waals surface area contributed by atoms with Crippen molar-refractivity contribution in [2.75, 3.05) is 39.4 Å². The zero-order valence-electron chi connectivity index (χ0n) is 32.8. The van der Waals surface area contributed by atoms with Gasteiger partial charge in [-0.05, 0) is 51.0 Å². The quantitative estimate of drug-likeness (QED) is 0.159. The van der Waals surface area contributed by atoms with Crippen molar-refractivity contribution in [3.63, 3.8) is 0 Å². The largest absolute Gasteiger partial charge is 0.391 e. The van der Waals surface area contributed by atoms with Crippen molar-refractivity contribution in [2.24, 2.45) is 11.8 Å². The van der Waals surface area contributed by atoms with Crippen LogP contribution in [0.4, 0.5) is 0 Å². The van der Waals surface area contributed by atoms with Crippen molar-refractivity contribution >= 4 is 41.4 Å². The Hall–Kier alpha value is -4.61. The molecule has 1 unspecified atom stereocenters. The van der Waals surface area contributed by atoms with Gasteiger partial charge in [-0.15, -0.1) is 0 Å². The molecule has 0 aromatic heterocycles. The zero-order chi connectivity index (χ0) is 40.5. The lowest BCUT2D eigenvalue weighted by atomic mass is 9.98. The van der Waals surface area contributed by atoms with Gasteiger partial charge in [0.2, 0.25) is 41.4 Å². The molecule has 308 valence electrons. The van der Waals surface area contributed by atoms with Gasteiger partial charge in [-0.1, -0.05) is 50.6 Å². The van der Waals surface area contributed by atoms with Crippen LogP contribution in [0.25, 0.3) is 0 Å². The predicted molar refractivity (Wildman–Crippen MR) is 203 cm³/mol. The number of amides is 7. The summed E-state index contributed by atoms with van der Waals surface area (Å²) in [4.78, 5) is 100. The fraction of sp³-hybridized carbons (Fsp3) is 0.667. The van der Waals surface area contributed by atoms with Crippen LogP contribution in [0.15, 0.2) is 30.3 Å². The summed E-state index contributed by atoms with van der Waals surface area (Å²) in [5, 5.41) is 27.6. The molecule has 1 aromatic carbocycles. The Morgan fingerprint density at radius 2 is 1.55 bits per heavy atom. The molecular formula is C39H58N8O9. The summed E-state index contributed by atoms with van der Waals surface area (Å²) < 4.78 is 5.38. The highest BCUT2D eigenvalue weighted by molar-refractivity contribution is 5.97. The normalized spacial score (nSPS) is 30.7. The average Bonchev–Trinajstić information content (AvgIpc) is 3.80. The van der Waals surface area contributed by atoms with E-state index in [1.54, 1.807) is 30.3 Å². The molecule has 0 bridgehead atoms. The van der Waals surface area contributed by atoms with Crippen LogP contribution in [0.3, 0.4) is 0 Å². The molecule has 4 aliphatic rings. The van der Waals surface area contributed by atoms with Crippen molar-refractivity contribution < 1.29 is 43.4 Å². The number of nitrogens with one attached hydrogen (secondary N) is 6. The molecule has 17 heteroatoms. The first-order chi connectivity index (χ1) is 26.7. The fourth-order valence-electron chi connectivity index (χ4n) is 7.95. The summed E-state index contributed by atoms with van der Waals surface area (Å²) >= 11 is 0. The van der Waals surface area contributed by atoms with Crippen molar-refractivity contribution in [1.82, 2.24) is 41.7 Å².